The summed E-state index contributed by atoms with van der Waals surface area (Å²) in [6, 6.07) is 5.71. The topological polar surface area (TPSA) is 35.3 Å². The summed E-state index contributed by atoms with van der Waals surface area (Å²) in [6.45, 7) is 0. The van der Waals surface area contributed by atoms with Crippen molar-refractivity contribution in [3.63, 3.8) is 0 Å². The van der Waals surface area contributed by atoms with Gasteiger partial charge in [-0.3, -0.25) is 0 Å². The fourth-order valence-electron chi connectivity index (χ4n) is 1.37. The van der Waals surface area contributed by atoms with Gasteiger partial charge in [-0.2, -0.15) is 0 Å². The molecule has 0 aliphatic carbocycles. The number of alkyl halides is 3. The average Bonchev–Trinajstić information content (AvgIpc) is 2.68. The van der Waals surface area contributed by atoms with Gasteiger partial charge in [0.15, 0.2) is 5.89 Å². The van der Waals surface area contributed by atoms with Crippen LogP contribution in [0, 0.1) is 0 Å². The van der Waals surface area contributed by atoms with E-state index in [0.717, 1.165) is 0 Å². The Morgan fingerprint density at radius 3 is 2.76 bits per heavy atom. The summed E-state index contributed by atoms with van der Waals surface area (Å²) in [5, 5.41) is 0. The van der Waals surface area contributed by atoms with Crippen molar-refractivity contribution in [2.24, 2.45) is 0 Å². The van der Waals surface area contributed by atoms with Crippen LogP contribution in [0.25, 0.3) is 0 Å². The largest absolute Gasteiger partial charge is 0.573 e. The highest BCUT2D eigenvalue weighted by molar-refractivity contribution is 5.30. The maximum atomic E-state index is 12.0. The number of nitrogens with zero attached hydrogens (tertiary/aromatic N) is 1. The second-order valence-electron chi connectivity index (χ2n) is 3.30. The number of ether oxygens (including phenoxy) is 1. The minimum Gasteiger partial charge on any atom is -0.449 e. The van der Waals surface area contributed by atoms with Gasteiger partial charge in [0, 0.05) is 6.42 Å². The Hall–Kier alpha value is -1.98. The highest BCUT2D eigenvalue weighted by Gasteiger charge is 2.31. The number of halogens is 3. The lowest BCUT2D eigenvalue weighted by Crippen LogP contribution is -2.17. The van der Waals surface area contributed by atoms with Crippen LogP contribution in [0.1, 0.15) is 11.5 Å². The number of oxazole rings is 1. The van der Waals surface area contributed by atoms with E-state index in [2.05, 4.69) is 9.72 Å². The van der Waals surface area contributed by atoms with Gasteiger partial charge in [-0.1, -0.05) is 12.1 Å². The van der Waals surface area contributed by atoms with Crippen LogP contribution in [0.3, 0.4) is 0 Å². The molecule has 0 aliphatic rings. The molecule has 1 heterocycles. The lowest BCUT2D eigenvalue weighted by Gasteiger charge is -2.09. The molecule has 0 N–H and O–H groups in total. The first-order chi connectivity index (χ1) is 8.03. The Bertz CT molecular complexity index is 480. The lowest BCUT2D eigenvalue weighted by molar-refractivity contribution is -0.274. The molecule has 0 bridgehead atoms. The molecule has 3 nitrogen and oxygen atoms in total. The van der Waals surface area contributed by atoms with Crippen molar-refractivity contribution in [2.75, 3.05) is 0 Å². The molecule has 0 radical (unpaired) electrons. The summed E-state index contributed by atoms with van der Waals surface area (Å²) >= 11 is 0. The molecular formula is C11H8F3NO2. The van der Waals surface area contributed by atoms with E-state index in [1.54, 1.807) is 6.07 Å². The van der Waals surface area contributed by atoms with Crippen molar-refractivity contribution in [2.45, 2.75) is 12.8 Å². The van der Waals surface area contributed by atoms with Gasteiger partial charge in [-0.25, -0.2) is 4.98 Å². The third-order valence-corrected chi connectivity index (χ3v) is 1.97. The molecule has 6 heteroatoms. The first-order valence-electron chi connectivity index (χ1n) is 4.76. The smallest absolute Gasteiger partial charge is 0.449 e. The van der Waals surface area contributed by atoms with Crippen molar-refractivity contribution < 1.29 is 22.3 Å². The van der Waals surface area contributed by atoms with Crippen molar-refractivity contribution in [3.8, 4) is 5.75 Å². The molecule has 0 saturated heterocycles. The van der Waals surface area contributed by atoms with Crippen LogP contribution in [-0.4, -0.2) is 11.3 Å². The van der Waals surface area contributed by atoms with Gasteiger partial charge >= 0.3 is 6.36 Å². The number of rotatable bonds is 3. The first kappa shape index (κ1) is 11.5. The SMILES string of the molecule is FC(F)(F)Oc1cccc(Cc2ncco2)c1. The zero-order valence-corrected chi connectivity index (χ0v) is 8.57. The summed E-state index contributed by atoms with van der Waals surface area (Å²) in [6.07, 6.45) is -1.47. The fraction of sp³-hybridized carbons (Fsp3) is 0.182. The molecule has 0 atom stereocenters. The normalized spacial score (nSPS) is 11.5. The molecule has 0 fully saturated rings. The molecule has 17 heavy (non-hydrogen) atoms. The van der Waals surface area contributed by atoms with Crippen LogP contribution in [0.4, 0.5) is 13.2 Å². The van der Waals surface area contributed by atoms with Crippen molar-refractivity contribution >= 4 is 0 Å². The second-order valence-corrected chi connectivity index (χ2v) is 3.30. The van der Waals surface area contributed by atoms with E-state index in [9.17, 15) is 13.2 Å². The van der Waals surface area contributed by atoms with Crippen LogP contribution >= 0.6 is 0 Å². The van der Waals surface area contributed by atoms with E-state index in [1.165, 1.54) is 30.7 Å². The highest BCUT2D eigenvalue weighted by atomic mass is 19.4. The third kappa shape index (κ3) is 3.51. The van der Waals surface area contributed by atoms with Crippen molar-refractivity contribution in [1.29, 1.82) is 0 Å². The van der Waals surface area contributed by atoms with Crippen molar-refractivity contribution in [1.82, 2.24) is 4.98 Å². The van der Waals surface area contributed by atoms with E-state index in [-0.39, 0.29) is 5.75 Å². The maximum Gasteiger partial charge on any atom is 0.573 e. The highest BCUT2D eigenvalue weighted by Crippen LogP contribution is 2.23. The van der Waals surface area contributed by atoms with Gasteiger partial charge in [0.25, 0.3) is 0 Å². The number of benzene rings is 1. The van der Waals surface area contributed by atoms with Gasteiger partial charge in [-0.05, 0) is 17.7 Å². The fourth-order valence-corrected chi connectivity index (χ4v) is 1.37. The number of aromatic nitrogens is 1. The molecule has 2 aromatic rings. The molecular weight excluding hydrogens is 235 g/mol. The maximum absolute atomic E-state index is 12.0. The third-order valence-electron chi connectivity index (χ3n) is 1.97. The molecule has 0 aliphatic heterocycles. The zero-order chi connectivity index (χ0) is 12.3. The molecule has 0 amide bonds. The Morgan fingerprint density at radius 1 is 1.29 bits per heavy atom. The predicted octanol–water partition coefficient (Wildman–Crippen LogP) is 3.16. The summed E-state index contributed by atoms with van der Waals surface area (Å²) in [4.78, 5) is 3.89. The van der Waals surface area contributed by atoms with Gasteiger partial charge in [0.2, 0.25) is 0 Å². The van der Waals surface area contributed by atoms with Gasteiger partial charge in [0.05, 0.1) is 6.20 Å². The Balaban J connectivity index is 2.12. The van der Waals surface area contributed by atoms with E-state index in [0.29, 0.717) is 17.9 Å². The summed E-state index contributed by atoms with van der Waals surface area (Å²) in [7, 11) is 0. The standard InChI is InChI=1S/C11H8F3NO2/c12-11(13,14)17-9-3-1-2-8(6-9)7-10-15-4-5-16-10/h1-6H,7H2. The molecule has 2 rings (SSSR count). The Kier molecular flexibility index (Phi) is 3.03. The zero-order valence-electron chi connectivity index (χ0n) is 8.57. The lowest BCUT2D eigenvalue weighted by atomic mass is 10.1. The molecule has 90 valence electrons. The van der Waals surface area contributed by atoms with Crippen LogP contribution < -0.4 is 4.74 Å². The van der Waals surface area contributed by atoms with Crippen LogP contribution in [-0.2, 0) is 6.42 Å². The second kappa shape index (κ2) is 4.48. The Morgan fingerprint density at radius 2 is 2.12 bits per heavy atom. The monoisotopic (exact) mass is 243 g/mol. The van der Waals surface area contributed by atoms with Crippen LogP contribution in [0.2, 0.25) is 0 Å². The van der Waals surface area contributed by atoms with Gasteiger partial charge in [0.1, 0.15) is 12.0 Å². The van der Waals surface area contributed by atoms with Gasteiger partial charge < -0.3 is 9.15 Å². The van der Waals surface area contributed by atoms with Crippen LogP contribution in [0.15, 0.2) is 41.1 Å². The Labute approximate surface area is 94.8 Å². The van der Waals surface area contributed by atoms with E-state index < -0.39 is 6.36 Å². The molecule has 1 aromatic heterocycles. The van der Waals surface area contributed by atoms with E-state index in [4.69, 9.17) is 4.42 Å². The predicted molar refractivity (Wildman–Crippen MR) is 52.4 cm³/mol. The minimum atomic E-state index is -4.68. The van der Waals surface area contributed by atoms with E-state index in [1.807, 2.05) is 0 Å². The molecule has 0 saturated carbocycles. The molecule has 1 aromatic carbocycles. The van der Waals surface area contributed by atoms with Crippen molar-refractivity contribution in [3.05, 3.63) is 48.2 Å². The number of hydrogen-bond acceptors (Lipinski definition) is 3. The van der Waals surface area contributed by atoms with Gasteiger partial charge in [-0.15, -0.1) is 13.2 Å². The molecule has 0 unspecified atom stereocenters. The van der Waals surface area contributed by atoms with E-state index >= 15 is 0 Å². The number of hydrogen-bond donors (Lipinski definition) is 0. The first-order valence-corrected chi connectivity index (χ1v) is 4.76. The summed E-state index contributed by atoms with van der Waals surface area (Å²) in [5.41, 5.74) is 0.634. The minimum absolute atomic E-state index is 0.249. The molecule has 0 spiro atoms. The average molecular weight is 243 g/mol. The summed E-state index contributed by atoms with van der Waals surface area (Å²) in [5.74, 6) is 0.190. The quantitative estimate of drug-likeness (QED) is 0.830. The van der Waals surface area contributed by atoms with Crippen LogP contribution in [0.5, 0.6) is 5.75 Å². The summed E-state index contributed by atoms with van der Waals surface area (Å²) < 4.78 is 44.8.